The third-order valence-electron chi connectivity index (χ3n) is 4.31. The van der Waals surface area contributed by atoms with E-state index in [1.54, 1.807) is 0 Å². The maximum atomic E-state index is 12.8. The molecule has 0 fully saturated rings. The number of hydrogen-bond donors (Lipinski definition) is 1. The summed E-state index contributed by atoms with van der Waals surface area (Å²) in [6.07, 6.45) is 0.900. The smallest absolute Gasteiger partial charge is 0.345 e. The molecule has 1 aliphatic carbocycles. The molecule has 2 atom stereocenters. The van der Waals surface area contributed by atoms with Crippen LogP contribution in [0.2, 0.25) is 0 Å². The molecule has 0 radical (unpaired) electrons. The molecule has 1 aromatic rings. The van der Waals surface area contributed by atoms with Gasteiger partial charge in [0.2, 0.25) is 0 Å². The van der Waals surface area contributed by atoms with Gasteiger partial charge in [-0.2, -0.15) is 13.2 Å². The van der Waals surface area contributed by atoms with E-state index in [1.165, 1.54) is 0 Å². The van der Waals surface area contributed by atoms with Crippen molar-refractivity contribution in [2.24, 2.45) is 5.92 Å². The van der Waals surface area contributed by atoms with Gasteiger partial charge in [0.1, 0.15) is 5.82 Å². The van der Waals surface area contributed by atoms with Crippen LogP contribution >= 0.6 is 0 Å². The standard InChI is InChI=1S/C15H23F3N2/c1-3-5-6-10(4-2)14-19-12-8-7-11(15(16,17)18)9-13(12)20-14/h10-11H,3-9H2,1-2H3,(H,19,20). The minimum absolute atomic E-state index is 0.0655. The van der Waals surface area contributed by atoms with Gasteiger partial charge in [-0.15, -0.1) is 0 Å². The fourth-order valence-electron chi connectivity index (χ4n) is 2.96. The van der Waals surface area contributed by atoms with Crippen LogP contribution in [0.5, 0.6) is 0 Å². The number of unbranched alkanes of at least 4 members (excludes halogenated alkanes) is 1. The van der Waals surface area contributed by atoms with Crippen molar-refractivity contribution < 1.29 is 13.2 Å². The van der Waals surface area contributed by atoms with Crippen molar-refractivity contribution in [1.82, 2.24) is 9.97 Å². The van der Waals surface area contributed by atoms with Gasteiger partial charge in [0, 0.05) is 18.0 Å². The van der Waals surface area contributed by atoms with Gasteiger partial charge in [-0.25, -0.2) is 4.98 Å². The van der Waals surface area contributed by atoms with Crippen LogP contribution in [-0.4, -0.2) is 16.1 Å². The molecule has 114 valence electrons. The molecule has 0 bridgehead atoms. The number of nitrogens with one attached hydrogen (secondary N) is 1. The van der Waals surface area contributed by atoms with Gasteiger partial charge in [0.05, 0.1) is 11.6 Å². The van der Waals surface area contributed by atoms with Gasteiger partial charge in [-0.3, -0.25) is 0 Å². The van der Waals surface area contributed by atoms with E-state index in [0.29, 0.717) is 18.0 Å². The van der Waals surface area contributed by atoms with Crippen LogP contribution in [0, 0.1) is 5.92 Å². The molecule has 0 aromatic carbocycles. The molecule has 1 heterocycles. The summed E-state index contributed by atoms with van der Waals surface area (Å²) in [5.74, 6) is 0.0395. The van der Waals surface area contributed by atoms with Crippen LogP contribution < -0.4 is 0 Å². The zero-order valence-corrected chi connectivity index (χ0v) is 12.2. The van der Waals surface area contributed by atoms with Crippen LogP contribution in [0.4, 0.5) is 13.2 Å². The van der Waals surface area contributed by atoms with Crippen molar-refractivity contribution in [3.05, 3.63) is 17.2 Å². The van der Waals surface area contributed by atoms with E-state index in [4.69, 9.17) is 0 Å². The van der Waals surface area contributed by atoms with Crippen molar-refractivity contribution in [3.63, 3.8) is 0 Å². The van der Waals surface area contributed by atoms with Crippen molar-refractivity contribution in [1.29, 1.82) is 0 Å². The second-order valence-corrected chi connectivity index (χ2v) is 5.78. The number of aryl methyl sites for hydroxylation is 1. The Morgan fingerprint density at radius 2 is 2.10 bits per heavy atom. The molecule has 20 heavy (non-hydrogen) atoms. The first-order valence-corrected chi connectivity index (χ1v) is 7.60. The number of fused-ring (bicyclic) bond motifs is 1. The lowest BCUT2D eigenvalue weighted by Crippen LogP contribution is -2.28. The van der Waals surface area contributed by atoms with Crippen molar-refractivity contribution in [2.75, 3.05) is 0 Å². The Morgan fingerprint density at radius 1 is 1.35 bits per heavy atom. The van der Waals surface area contributed by atoms with Crippen molar-refractivity contribution in [2.45, 2.75) is 70.9 Å². The third kappa shape index (κ3) is 3.36. The summed E-state index contributed by atoms with van der Waals surface area (Å²) in [6, 6.07) is 0. The van der Waals surface area contributed by atoms with E-state index >= 15 is 0 Å². The van der Waals surface area contributed by atoms with Gasteiger partial charge in [-0.05, 0) is 25.7 Å². The summed E-state index contributed by atoms with van der Waals surface area (Å²) in [5, 5.41) is 0. The Bertz CT molecular complexity index is 437. The second kappa shape index (κ2) is 6.19. The van der Waals surface area contributed by atoms with Gasteiger partial charge >= 0.3 is 6.18 Å². The SMILES string of the molecule is CCCCC(CC)c1nc2c([nH]1)CC(C(F)(F)F)CC2. The Labute approximate surface area is 118 Å². The van der Waals surface area contributed by atoms with Gasteiger partial charge in [-0.1, -0.05) is 26.7 Å². The Hall–Kier alpha value is -1.00. The van der Waals surface area contributed by atoms with Crippen LogP contribution in [0.3, 0.4) is 0 Å². The molecule has 0 saturated carbocycles. The number of halogens is 3. The first-order valence-electron chi connectivity index (χ1n) is 7.60. The lowest BCUT2D eigenvalue weighted by molar-refractivity contribution is -0.177. The Morgan fingerprint density at radius 3 is 2.70 bits per heavy atom. The van der Waals surface area contributed by atoms with E-state index < -0.39 is 12.1 Å². The van der Waals surface area contributed by atoms with Crippen LogP contribution in [0.1, 0.15) is 69.1 Å². The minimum atomic E-state index is -4.09. The molecule has 1 aromatic heterocycles. The Balaban J connectivity index is 2.11. The van der Waals surface area contributed by atoms with Crippen LogP contribution in [-0.2, 0) is 12.8 Å². The zero-order chi connectivity index (χ0) is 14.8. The van der Waals surface area contributed by atoms with Gasteiger partial charge in [0.15, 0.2) is 0 Å². The highest BCUT2D eigenvalue weighted by atomic mass is 19.4. The lowest BCUT2D eigenvalue weighted by Gasteiger charge is -2.23. The quantitative estimate of drug-likeness (QED) is 0.831. The summed E-state index contributed by atoms with van der Waals surface area (Å²) in [7, 11) is 0. The molecule has 2 nitrogen and oxygen atoms in total. The normalized spacial score (nSPS) is 20.8. The number of H-pyrrole nitrogens is 1. The van der Waals surface area contributed by atoms with Crippen molar-refractivity contribution >= 4 is 0 Å². The number of rotatable bonds is 5. The third-order valence-corrected chi connectivity index (χ3v) is 4.31. The summed E-state index contributed by atoms with van der Waals surface area (Å²) in [4.78, 5) is 7.75. The molecule has 1 N–H and O–H groups in total. The molecular formula is C15H23F3N2. The maximum Gasteiger partial charge on any atom is 0.392 e. The highest BCUT2D eigenvalue weighted by molar-refractivity contribution is 5.20. The average molecular weight is 288 g/mol. The summed E-state index contributed by atoms with van der Waals surface area (Å²) in [6.45, 7) is 4.26. The fourth-order valence-corrected chi connectivity index (χ4v) is 2.96. The average Bonchev–Trinajstić information content (AvgIpc) is 2.81. The number of hydrogen-bond acceptors (Lipinski definition) is 1. The molecule has 5 heteroatoms. The van der Waals surface area contributed by atoms with E-state index in [-0.39, 0.29) is 12.8 Å². The fraction of sp³-hybridized carbons (Fsp3) is 0.800. The zero-order valence-electron chi connectivity index (χ0n) is 12.2. The van der Waals surface area contributed by atoms with E-state index in [9.17, 15) is 13.2 Å². The van der Waals surface area contributed by atoms with E-state index in [2.05, 4.69) is 23.8 Å². The molecule has 2 rings (SSSR count). The van der Waals surface area contributed by atoms with Crippen molar-refractivity contribution in [3.8, 4) is 0 Å². The molecule has 0 saturated heterocycles. The summed E-state index contributed by atoms with van der Waals surface area (Å²) >= 11 is 0. The van der Waals surface area contributed by atoms with Gasteiger partial charge < -0.3 is 4.98 Å². The topological polar surface area (TPSA) is 28.7 Å². The minimum Gasteiger partial charge on any atom is -0.345 e. The monoisotopic (exact) mass is 288 g/mol. The molecule has 0 aliphatic heterocycles. The van der Waals surface area contributed by atoms with Gasteiger partial charge in [0.25, 0.3) is 0 Å². The molecule has 0 amide bonds. The van der Waals surface area contributed by atoms with E-state index in [0.717, 1.165) is 37.2 Å². The van der Waals surface area contributed by atoms with E-state index in [1.807, 2.05) is 0 Å². The molecule has 1 aliphatic rings. The number of aromatic amines is 1. The van der Waals surface area contributed by atoms with Crippen LogP contribution in [0.25, 0.3) is 0 Å². The number of alkyl halides is 3. The number of nitrogens with zero attached hydrogens (tertiary/aromatic N) is 1. The summed E-state index contributed by atoms with van der Waals surface area (Å²) in [5.41, 5.74) is 1.57. The van der Waals surface area contributed by atoms with Crippen LogP contribution in [0.15, 0.2) is 0 Å². The largest absolute Gasteiger partial charge is 0.392 e. The highest BCUT2D eigenvalue weighted by Crippen LogP contribution is 2.37. The first-order chi connectivity index (χ1) is 9.45. The predicted molar refractivity (Wildman–Crippen MR) is 72.7 cm³/mol. The number of aromatic nitrogens is 2. The lowest BCUT2D eigenvalue weighted by atomic mass is 9.89. The molecular weight excluding hydrogens is 265 g/mol. The Kier molecular flexibility index (Phi) is 4.76. The molecule has 2 unspecified atom stereocenters. The molecule has 0 spiro atoms. The predicted octanol–water partition coefficient (Wildman–Crippen LogP) is 4.76. The first kappa shape index (κ1) is 15.4. The maximum absolute atomic E-state index is 12.8. The number of imidazole rings is 1. The second-order valence-electron chi connectivity index (χ2n) is 5.78. The summed E-state index contributed by atoms with van der Waals surface area (Å²) < 4.78 is 38.4. The highest BCUT2D eigenvalue weighted by Gasteiger charge is 2.42.